The van der Waals surface area contributed by atoms with Crippen molar-refractivity contribution in [3.8, 4) is 0 Å². The minimum Gasteiger partial charge on any atom is -0.309 e. The summed E-state index contributed by atoms with van der Waals surface area (Å²) < 4.78 is 33.6. The van der Waals surface area contributed by atoms with Gasteiger partial charge in [-0.15, -0.1) is 0 Å². The second-order valence-electron chi connectivity index (χ2n) is 8.86. The molecule has 2 aromatic rings. The standard InChI is InChI=1S/C25H40N2O4S/c1-2-3-4-5-6-7-8-9-10-11-12-13-14-15-20-23(32(29,30)31)24-26-22-19-17-16-18-21(22)25(28)27-24/h16-19,23H,2-15,20H2,1H3,(H,26,27,28)(H,29,30,31). The Morgan fingerprint density at radius 3 is 1.88 bits per heavy atom. The number of fused-ring (bicyclic) bond motifs is 1. The Kier molecular flexibility index (Phi) is 12.0. The highest BCUT2D eigenvalue weighted by Gasteiger charge is 2.27. The van der Waals surface area contributed by atoms with Crippen LogP contribution < -0.4 is 5.56 Å². The van der Waals surface area contributed by atoms with Gasteiger partial charge in [-0.3, -0.25) is 9.35 Å². The highest BCUT2D eigenvalue weighted by atomic mass is 32.2. The molecular weight excluding hydrogens is 424 g/mol. The monoisotopic (exact) mass is 464 g/mol. The van der Waals surface area contributed by atoms with E-state index < -0.39 is 15.4 Å². The van der Waals surface area contributed by atoms with Crippen LogP contribution in [0.4, 0.5) is 0 Å². The first-order valence-electron chi connectivity index (χ1n) is 12.4. The van der Waals surface area contributed by atoms with Crippen LogP contribution in [-0.4, -0.2) is 22.9 Å². The molecule has 0 amide bonds. The average molecular weight is 465 g/mol. The zero-order valence-corrected chi connectivity index (χ0v) is 20.3. The SMILES string of the molecule is CCCCCCCCCCCCCCCCC(c1nc2ccccc2c(=O)[nH]1)S(=O)(=O)O. The number of rotatable bonds is 17. The lowest BCUT2D eigenvalue weighted by Gasteiger charge is -2.13. The first-order valence-corrected chi connectivity index (χ1v) is 13.9. The van der Waals surface area contributed by atoms with Crippen LogP contribution >= 0.6 is 0 Å². The van der Waals surface area contributed by atoms with Gasteiger partial charge in [0.05, 0.1) is 10.9 Å². The van der Waals surface area contributed by atoms with Crippen LogP contribution in [0.2, 0.25) is 0 Å². The molecule has 1 aromatic carbocycles. The molecule has 2 rings (SSSR count). The molecule has 0 saturated carbocycles. The van der Waals surface area contributed by atoms with Crippen LogP contribution in [0.3, 0.4) is 0 Å². The lowest BCUT2D eigenvalue weighted by Crippen LogP contribution is -2.20. The highest BCUT2D eigenvalue weighted by Crippen LogP contribution is 2.25. The van der Waals surface area contributed by atoms with Crippen molar-refractivity contribution >= 4 is 21.0 Å². The number of hydrogen-bond donors (Lipinski definition) is 2. The Morgan fingerprint density at radius 1 is 0.844 bits per heavy atom. The maximum absolute atomic E-state index is 12.3. The maximum atomic E-state index is 12.3. The summed E-state index contributed by atoms with van der Waals surface area (Å²) in [6, 6.07) is 6.78. The van der Waals surface area contributed by atoms with Crippen molar-refractivity contribution in [2.24, 2.45) is 0 Å². The van der Waals surface area contributed by atoms with E-state index in [1.54, 1.807) is 24.3 Å². The van der Waals surface area contributed by atoms with Gasteiger partial charge in [-0.1, -0.05) is 109 Å². The molecule has 0 saturated heterocycles. The minimum atomic E-state index is -4.35. The number of unbranched alkanes of at least 4 members (excludes halogenated alkanes) is 13. The van der Waals surface area contributed by atoms with E-state index in [0.29, 0.717) is 17.3 Å². The van der Waals surface area contributed by atoms with Crippen LogP contribution in [-0.2, 0) is 10.1 Å². The Balaban J connectivity index is 1.67. The first kappa shape index (κ1) is 26.5. The molecule has 32 heavy (non-hydrogen) atoms. The van der Waals surface area contributed by atoms with Crippen molar-refractivity contribution in [2.45, 2.75) is 108 Å². The second kappa shape index (κ2) is 14.4. The topological polar surface area (TPSA) is 100 Å². The van der Waals surface area contributed by atoms with Gasteiger partial charge >= 0.3 is 0 Å². The Morgan fingerprint density at radius 2 is 1.34 bits per heavy atom. The summed E-state index contributed by atoms with van der Waals surface area (Å²) in [4.78, 5) is 19.1. The van der Waals surface area contributed by atoms with Gasteiger partial charge in [0.15, 0.2) is 0 Å². The summed E-state index contributed by atoms with van der Waals surface area (Å²) in [5, 5.41) is -0.793. The van der Waals surface area contributed by atoms with Crippen molar-refractivity contribution in [3.63, 3.8) is 0 Å². The Labute approximate surface area is 193 Å². The fourth-order valence-corrected chi connectivity index (χ4v) is 5.07. The first-order chi connectivity index (χ1) is 15.4. The van der Waals surface area contributed by atoms with Crippen LogP contribution in [0.25, 0.3) is 10.9 Å². The van der Waals surface area contributed by atoms with E-state index in [1.807, 2.05) is 0 Å². The summed E-state index contributed by atoms with van der Waals surface area (Å²) in [5.41, 5.74) is 0.0427. The molecule has 0 bridgehead atoms. The molecular formula is C25H40N2O4S. The fraction of sp³-hybridized carbons (Fsp3) is 0.680. The molecule has 0 aliphatic heterocycles. The third kappa shape index (κ3) is 9.41. The lowest BCUT2D eigenvalue weighted by atomic mass is 10.0. The number of aromatic amines is 1. The van der Waals surface area contributed by atoms with Crippen LogP contribution in [0.1, 0.15) is 114 Å². The molecule has 0 fully saturated rings. The Hall–Kier alpha value is -1.73. The molecule has 6 nitrogen and oxygen atoms in total. The number of hydrogen-bond acceptors (Lipinski definition) is 4. The van der Waals surface area contributed by atoms with E-state index in [4.69, 9.17) is 0 Å². The number of nitrogens with zero attached hydrogens (tertiary/aromatic N) is 1. The highest BCUT2D eigenvalue weighted by molar-refractivity contribution is 7.86. The maximum Gasteiger partial charge on any atom is 0.275 e. The molecule has 1 heterocycles. The number of para-hydroxylation sites is 1. The molecule has 0 radical (unpaired) electrons. The second-order valence-corrected chi connectivity index (χ2v) is 10.5. The van der Waals surface area contributed by atoms with E-state index in [9.17, 15) is 17.8 Å². The molecule has 7 heteroatoms. The number of benzene rings is 1. The molecule has 180 valence electrons. The molecule has 0 aliphatic rings. The van der Waals surface area contributed by atoms with Gasteiger partial charge in [-0.05, 0) is 18.6 Å². The van der Waals surface area contributed by atoms with Gasteiger partial charge in [0.25, 0.3) is 15.7 Å². The van der Waals surface area contributed by atoms with E-state index in [-0.39, 0.29) is 17.8 Å². The predicted octanol–water partition coefficient (Wildman–Crippen LogP) is 6.72. The minimum absolute atomic E-state index is 0.0193. The predicted molar refractivity (Wildman–Crippen MR) is 132 cm³/mol. The normalized spacial score (nSPS) is 12.9. The van der Waals surface area contributed by atoms with Gasteiger partial charge in [-0.25, -0.2) is 4.98 Å². The Bertz CT molecular complexity index is 956. The molecule has 0 aliphatic carbocycles. The van der Waals surface area contributed by atoms with E-state index >= 15 is 0 Å². The number of nitrogens with one attached hydrogen (secondary N) is 1. The summed E-state index contributed by atoms with van der Waals surface area (Å²) in [7, 11) is -4.35. The summed E-state index contributed by atoms with van der Waals surface area (Å²) in [6.07, 6.45) is 17.3. The zero-order chi connectivity index (χ0) is 23.2. The van der Waals surface area contributed by atoms with Crippen molar-refractivity contribution < 1.29 is 13.0 Å². The quantitative estimate of drug-likeness (QED) is 0.200. The van der Waals surface area contributed by atoms with Crippen LogP contribution in [0, 0.1) is 0 Å². The van der Waals surface area contributed by atoms with Gasteiger partial charge in [-0.2, -0.15) is 8.42 Å². The molecule has 1 aromatic heterocycles. The van der Waals surface area contributed by atoms with Crippen molar-refractivity contribution in [2.75, 3.05) is 0 Å². The van der Waals surface area contributed by atoms with Crippen molar-refractivity contribution in [3.05, 3.63) is 40.4 Å². The number of aromatic nitrogens is 2. The molecule has 2 N–H and O–H groups in total. The lowest BCUT2D eigenvalue weighted by molar-refractivity contribution is 0.454. The molecule has 0 spiro atoms. The van der Waals surface area contributed by atoms with E-state index in [2.05, 4.69) is 16.9 Å². The van der Waals surface area contributed by atoms with Crippen molar-refractivity contribution in [1.29, 1.82) is 0 Å². The van der Waals surface area contributed by atoms with E-state index in [1.165, 1.54) is 64.2 Å². The number of H-pyrrole nitrogens is 1. The third-order valence-corrected chi connectivity index (χ3v) is 7.29. The molecule has 1 atom stereocenters. The largest absolute Gasteiger partial charge is 0.309 e. The zero-order valence-electron chi connectivity index (χ0n) is 19.5. The average Bonchev–Trinajstić information content (AvgIpc) is 2.75. The van der Waals surface area contributed by atoms with Crippen LogP contribution in [0.15, 0.2) is 29.1 Å². The fourth-order valence-electron chi connectivity index (χ4n) is 4.21. The van der Waals surface area contributed by atoms with Crippen molar-refractivity contribution in [1.82, 2.24) is 9.97 Å². The van der Waals surface area contributed by atoms with E-state index in [0.717, 1.165) is 19.3 Å². The third-order valence-electron chi connectivity index (χ3n) is 6.12. The van der Waals surface area contributed by atoms with Gasteiger partial charge in [0, 0.05) is 0 Å². The summed E-state index contributed by atoms with van der Waals surface area (Å²) in [6.45, 7) is 2.25. The smallest absolute Gasteiger partial charge is 0.275 e. The summed E-state index contributed by atoms with van der Waals surface area (Å²) >= 11 is 0. The van der Waals surface area contributed by atoms with Gasteiger partial charge < -0.3 is 4.98 Å². The van der Waals surface area contributed by atoms with Gasteiger partial charge in [0.1, 0.15) is 11.1 Å². The van der Waals surface area contributed by atoms with Gasteiger partial charge in [0.2, 0.25) is 0 Å². The summed E-state index contributed by atoms with van der Waals surface area (Å²) in [5.74, 6) is 0.0193. The molecule has 1 unspecified atom stereocenters. The van der Waals surface area contributed by atoms with Crippen LogP contribution in [0.5, 0.6) is 0 Å².